The fourth-order valence-electron chi connectivity index (χ4n) is 1.36. The molecule has 0 radical (unpaired) electrons. The van der Waals surface area contributed by atoms with Gasteiger partial charge in [0.15, 0.2) is 0 Å². The average molecular weight is 300 g/mol. The minimum atomic E-state index is -2.64. The van der Waals surface area contributed by atoms with Crippen molar-refractivity contribution in [2.24, 2.45) is 0 Å². The molecular weight excluding hydrogens is 290 g/mol. The predicted molar refractivity (Wildman–Crippen MR) is 58.3 cm³/mol. The molecule has 90 valence electrons. The smallest absolute Gasteiger partial charge is 0.255 e. The van der Waals surface area contributed by atoms with Crippen LogP contribution in [-0.4, -0.2) is 20.0 Å². The lowest BCUT2D eigenvalue weighted by atomic mass is 10.2. The molecule has 0 amide bonds. The van der Waals surface area contributed by atoms with Gasteiger partial charge in [0.05, 0.1) is 6.54 Å². The van der Waals surface area contributed by atoms with Gasteiger partial charge in [-0.15, -0.1) is 0 Å². The highest BCUT2D eigenvalue weighted by molar-refractivity contribution is 9.08. The van der Waals surface area contributed by atoms with Gasteiger partial charge in [-0.2, -0.15) is 0 Å². The van der Waals surface area contributed by atoms with Crippen molar-refractivity contribution in [2.75, 3.05) is 18.5 Å². The monoisotopic (exact) mass is 299 g/mol. The van der Waals surface area contributed by atoms with Gasteiger partial charge in [0, 0.05) is 12.4 Å². The molecule has 0 atom stereocenters. The van der Waals surface area contributed by atoms with Gasteiger partial charge in [-0.25, -0.2) is 17.6 Å². The molecule has 16 heavy (non-hydrogen) atoms. The van der Waals surface area contributed by atoms with Crippen LogP contribution in [0.5, 0.6) is 0 Å². The van der Waals surface area contributed by atoms with Gasteiger partial charge in [0.2, 0.25) is 0 Å². The van der Waals surface area contributed by atoms with Gasteiger partial charge in [-0.3, -0.25) is 0 Å². The summed E-state index contributed by atoms with van der Waals surface area (Å²) in [7, 11) is 1.22. The van der Waals surface area contributed by atoms with E-state index in [2.05, 4.69) is 15.9 Å². The minimum Gasteiger partial charge on any atom is -0.364 e. The van der Waals surface area contributed by atoms with Crippen LogP contribution >= 0.6 is 15.9 Å². The molecule has 0 saturated carbocycles. The molecule has 0 fully saturated rings. The van der Waals surface area contributed by atoms with Crippen molar-refractivity contribution in [3.05, 3.63) is 29.3 Å². The first-order chi connectivity index (χ1) is 7.45. The van der Waals surface area contributed by atoms with E-state index >= 15 is 0 Å². The van der Waals surface area contributed by atoms with Crippen molar-refractivity contribution in [3.8, 4) is 0 Å². The topological polar surface area (TPSA) is 3.24 Å². The van der Waals surface area contributed by atoms with E-state index in [0.29, 0.717) is 10.9 Å². The fourth-order valence-corrected chi connectivity index (χ4v) is 1.68. The van der Waals surface area contributed by atoms with Crippen LogP contribution in [0.1, 0.15) is 5.56 Å². The maximum atomic E-state index is 13.5. The van der Waals surface area contributed by atoms with Crippen LogP contribution in [0.3, 0.4) is 0 Å². The Labute approximate surface area is 99.2 Å². The van der Waals surface area contributed by atoms with E-state index in [0.717, 1.165) is 17.0 Å². The van der Waals surface area contributed by atoms with Crippen LogP contribution in [0.4, 0.5) is 23.2 Å². The highest BCUT2D eigenvalue weighted by Crippen LogP contribution is 2.25. The largest absolute Gasteiger partial charge is 0.364 e. The van der Waals surface area contributed by atoms with Gasteiger partial charge in [-0.1, -0.05) is 15.9 Å². The normalized spacial score (nSPS) is 10.9. The average Bonchev–Trinajstić information content (AvgIpc) is 2.15. The molecule has 0 bridgehead atoms. The maximum Gasteiger partial charge on any atom is 0.255 e. The summed E-state index contributed by atoms with van der Waals surface area (Å²) in [5, 5.41) is 0.305. The van der Waals surface area contributed by atoms with E-state index in [4.69, 9.17) is 0 Å². The molecule has 6 heteroatoms. The first-order valence-corrected chi connectivity index (χ1v) is 5.61. The lowest BCUT2D eigenvalue weighted by molar-refractivity contribution is 0.156. The molecular formula is C10H10BrF4N. The second kappa shape index (κ2) is 5.52. The summed E-state index contributed by atoms with van der Waals surface area (Å²) in [6, 6.07) is 2.24. The van der Waals surface area contributed by atoms with Crippen LogP contribution in [0, 0.1) is 11.6 Å². The number of rotatable bonds is 4. The molecule has 1 nitrogen and oxygen atoms in total. The molecule has 0 spiro atoms. The van der Waals surface area contributed by atoms with E-state index in [9.17, 15) is 17.6 Å². The number of hydrogen-bond acceptors (Lipinski definition) is 1. The Hall–Kier alpha value is -0.780. The third-order valence-electron chi connectivity index (χ3n) is 2.02. The SMILES string of the molecule is CN(CC(F)F)c1c(F)cc(CBr)cc1F. The molecule has 1 rings (SSSR count). The Bertz CT molecular complexity index is 347. The summed E-state index contributed by atoms with van der Waals surface area (Å²) < 4.78 is 51.1. The zero-order chi connectivity index (χ0) is 12.3. The number of anilines is 1. The second-order valence-corrected chi connectivity index (χ2v) is 3.87. The Morgan fingerprint density at radius 3 is 2.12 bits per heavy atom. The Morgan fingerprint density at radius 2 is 1.75 bits per heavy atom. The molecule has 0 heterocycles. The van der Waals surface area contributed by atoms with Crippen molar-refractivity contribution >= 4 is 21.6 Å². The summed E-state index contributed by atoms with van der Waals surface area (Å²) in [5.41, 5.74) is -0.00537. The van der Waals surface area contributed by atoms with Crippen molar-refractivity contribution in [1.82, 2.24) is 0 Å². The van der Waals surface area contributed by atoms with Crippen LogP contribution in [0.15, 0.2) is 12.1 Å². The molecule has 1 aromatic carbocycles. The van der Waals surface area contributed by atoms with Crippen molar-refractivity contribution in [1.29, 1.82) is 0 Å². The molecule has 1 aromatic rings. The predicted octanol–water partition coefficient (Wildman–Crippen LogP) is 3.56. The number of nitrogens with zero attached hydrogens (tertiary/aromatic N) is 1. The van der Waals surface area contributed by atoms with E-state index in [1.807, 2.05) is 0 Å². The zero-order valence-electron chi connectivity index (χ0n) is 8.48. The summed E-state index contributed by atoms with van der Waals surface area (Å²) >= 11 is 3.06. The number of halogens is 5. The van der Waals surface area contributed by atoms with Crippen molar-refractivity contribution in [2.45, 2.75) is 11.8 Å². The second-order valence-electron chi connectivity index (χ2n) is 3.31. The van der Waals surface area contributed by atoms with Gasteiger partial charge in [-0.05, 0) is 17.7 Å². The standard InChI is InChI=1S/C10H10BrF4N/c1-16(5-9(14)15)10-7(12)2-6(4-11)3-8(10)13/h2-3,9H,4-5H2,1H3. The first-order valence-electron chi connectivity index (χ1n) is 4.49. The Morgan fingerprint density at radius 1 is 1.25 bits per heavy atom. The third kappa shape index (κ3) is 3.10. The zero-order valence-corrected chi connectivity index (χ0v) is 10.1. The van der Waals surface area contributed by atoms with Crippen molar-refractivity contribution < 1.29 is 17.6 Å². The number of hydrogen-bond donors (Lipinski definition) is 0. The molecule has 0 aliphatic rings. The summed E-state index contributed by atoms with van der Waals surface area (Å²) in [6.07, 6.45) is -2.64. The van der Waals surface area contributed by atoms with E-state index in [-0.39, 0.29) is 0 Å². The molecule has 0 saturated heterocycles. The van der Waals surface area contributed by atoms with Gasteiger partial charge >= 0.3 is 0 Å². The summed E-state index contributed by atoms with van der Waals surface area (Å²) in [4.78, 5) is 0.868. The molecule has 0 N–H and O–H groups in total. The Balaban J connectivity index is 3.04. The number of benzene rings is 1. The first kappa shape index (κ1) is 13.3. The van der Waals surface area contributed by atoms with Crippen LogP contribution in [0.2, 0.25) is 0 Å². The van der Waals surface area contributed by atoms with E-state index < -0.39 is 30.3 Å². The summed E-state index contributed by atoms with van der Waals surface area (Å²) in [6.45, 7) is -0.707. The molecule has 0 aliphatic carbocycles. The quantitative estimate of drug-likeness (QED) is 0.607. The Kier molecular flexibility index (Phi) is 4.58. The van der Waals surface area contributed by atoms with E-state index in [1.54, 1.807) is 0 Å². The molecule has 0 unspecified atom stereocenters. The van der Waals surface area contributed by atoms with Crippen LogP contribution in [-0.2, 0) is 5.33 Å². The lowest BCUT2D eigenvalue weighted by Crippen LogP contribution is -2.26. The van der Waals surface area contributed by atoms with Crippen LogP contribution in [0.25, 0.3) is 0 Å². The van der Waals surface area contributed by atoms with Gasteiger partial charge in [0.1, 0.15) is 17.3 Å². The van der Waals surface area contributed by atoms with Crippen LogP contribution < -0.4 is 4.90 Å². The molecule has 0 aromatic heterocycles. The third-order valence-corrected chi connectivity index (χ3v) is 2.67. The fraction of sp³-hybridized carbons (Fsp3) is 0.400. The maximum absolute atomic E-state index is 13.5. The summed E-state index contributed by atoms with van der Waals surface area (Å²) in [5.74, 6) is -1.67. The van der Waals surface area contributed by atoms with Gasteiger partial charge < -0.3 is 4.90 Å². The highest BCUT2D eigenvalue weighted by atomic mass is 79.9. The number of alkyl halides is 3. The van der Waals surface area contributed by atoms with E-state index in [1.165, 1.54) is 7.05 Å². The minimum absolute atomic E-state index is 0.305. The highest BCUT2D eigenvalue weighted by Gasteiger charge is 2.17. The van der Waals surface area contributed by atoms with Crippen molar-refractivity contribution in [3.63, 3.8) is 0 Å². The lowest BCUT2D eigenvalue weighted by Gasteiger charge is -2.20. The van der Waals surface area contributed by atoms with Gasteiger partial charge in [0.25, 0.3) is 6.43 Å². The molecule has 0 aliphatic heterocycles.